The minimum atomic E-state index is -0.587. The fourth-order valence-corrected chi connectivity index (χ4v) is 5.70. The first-order valence-electron chi connectivity index (χ1n) is 15.2. The molecule has 4 N–H and O–H groups in total. The van der Waals surface area contributed by atoms with Gasteiger partial charge in [0.25, 0.3) is 0 Å². The lowest BCUT2D eigenvalue weighted by atomic mass is 9.92. The Labute approximate surface area is 273 Å². The van der Waals surface area contributed by atoms with E-state index in [0.717, 1.165) is 56.0 Å². The summed E-state index contributed by atoms with van der Waals surface area (Å²) in [4.78, 5) is 35.0. The number of hydrogen-bond donors (Lipinski definition) is 2. The minimum absolute atomic E-state index is 0.215. The molecule has 0 bridgehead atoms. The topological polar surface area (TPSA) is 115 Å². The number of benzene rings is 4. The first-order valence-corrected chi connectivity index (χ1v) is 15.2. The van der Waals surface area contributed by atoms with Crippen LogP contribution in [0.1, 0.15) is 17.5 Å². The molecule has 6 aromatic rings. The van der Waals surface area contributed by atoms with E-state index in [2.05, 4.69) is 70.0 Å². The van der Waals surface area contributed by atoms with Crippen LogP contribution in [-0.4, -0.2) is 21.8 Å². The minimum Gasteiger partial charge on any atom is -0.370 e. The Morgan fingerprint density at radius 1 is 0.638 bits per heavy atom. The summed E-state index contributed by atoms with van der Waals surface area (Å²) in [7, 11) is 0. The summed E-state index contributed by atoms with van der Waals surface area (Å²) in [6, 6.07) is 38.2. The fraction of sp³-hybridized carbons (Fsp3) is 0.0500. The van der Waals surface area contributed by atoms with Gasteiger partial charge in [0.05, 0.1) is 5.69 Å². The van der Waals surface area contributed by atoms with E-state index in [0.29, 0.717) is 12.0 Å². The number of anilines is 3. The van der Waals surface area contributed by atoms with Crippen molar-refractivity contribution in [2.24, 2.45) is 11.5 Å². The van der Waals surface area contributed by atoms with E-state index >= 15 is 0 Å². The van der Waals surface area contributed by atoms with Crippen LogP contribution in [0.2, 0.25) is 0 Å². The molecule has 0 aliphatic heterocycles. The Balaban J connectivity index is 1.56. The molecule has 0 saturated heterocycles. The van der Waals surface area contributed by atoms with Gasteiger partial charge < -0.3 is 16.4 Å². The predicted octanol–water partition coefficient (Wildman–Crippen LogP) is 7.86. The van der Waals surface area contributed by atoms with E-state index in [9.17, 15) is 9.59 Å². The number of hydrogen-bond acceptors (Lipinski definition) is 5. The van der Waals surface area contributed by atoms with Crippen molar-refractivity contribution in [3.8, 4) is 33.4 Å². The van der Waals surface area contributed by atoms with Gasteiger partial charge >= 0.3 is 0 Å². The number of carbonyl (C=O) groups is 2. The molecule has 0 atom stereocenters. The standard InChI is InChI=1S/C40H33N5O2/c1-27(40(42)47)31-21-32(29-9-7-19-43-25-29)23-33(22-31)37-13-5-6-14-38(37)45(34-11-3-2-4-12-34)35-16-17-36(30-10-8-20-44-26-30)28(24-35)15-18-39(41)46/h2-14,16-17,19-26H,1,15,18H2,(H2,41,46)(H2,42,47). The van der Waals surface area contributed by atoms with Crippen LogP contribution >= 0.6 is 0 Å². The van der Waals surface area contributed by atoms with E-state index in [-0.39, 0.29) is 17.9 Å². The zero-order chi connectivity index (χ0) is 32.8. The van der Waals surface area contributed by atoms with E-state index in [1.54, 1.807) is 18.6 Å². The predicted molar refractivity (Wildman–Crippen MR) is 189 cm³/mol. The third-order valence-electron chi connectivity index (χ3n) is 8.00. The monoisotopic (exact) mass is 615 g/mol. The summed E-state index contributed by atoms with van der Waals surface area (Å²) in [5.41, 5.74) is 21.4. The second kappa shape index (κ2) is 13.7. The second-order valence-corrected chi connectivity index (χ2v) is 11.1. The number of pyridine rings is 2. The van der Waals surface area contributed by atoms with Gasteiger partial charge in [-0.3, -0.25) is 19.6 Å². The third-order valence-corrected chi connectivity index (χ3v) is 8.00. The van der Waals surface area contributed by atoms with Crippen LogP contribution in [-0.2, 0) is 16.0 Å². The van der Waals surface area contributed by atoms with Gasteiger partial charge in [-0.05, 0) is 94.9 Å². The highest BCUT2D eigenvalue weighted by atomic mass is 16.1. The maximum absolute atomic E-state index is 12.3. The van der Waals surface area contributed by atoms with Gasteiger partial charge in [0, 0.05) is 64.8 Å². The summed E-state index contributed by atoms with van der Waals surface area (Å²) in [5.74, 6) is -0.949. The SMILES string of the molecule is C=C(C(N)=O)c1cc(-c2cccnc2)cc(-c2ccccc2N(c2ccccc2)c2ccc(-c3cccnc3)c(CCC(N)=O)c2)c1. The average molecular weight is 616 g/mol. The van der Waals surface area contributed by atoms with Gasteiger partial charge in [-0.25, -0.2) is 0 Å². The lowest BCUT2D eigenvalue weighted by Gasteiger charge is -2.29. The first-order chi connectivity index (χ1) is 22.9. The van der Waals surface area contributed by atoms with E-state index in [1.807, 2.05) is 72.9 Å². The van der Waals surface area contributed by atoms with Crippen LogP contribution in [0.5, 0.6) is 0 Å². The summed E-state index contributed by atoms with van der Waals surface area (Å²) in [5, 5.41) is 0. The molecule has 4 aromatic carbocycles. The molecule has 0 radical (unpaired) electrons. The molecular weight excluding hydrogens is 582 g/mol. The summed E-state index contributed by atoms with van der Waals surface area (Å²) in [6.45, 7) is 3.98. The maximum atomic E-state index is 12.3. The number of aromatic nitrogens is 2. The number of nitrogens with two attached hydrogens (primary N) is 2. The largest absolute Gasteiger partial charge is 0.370 e. The number of amides is 2. The Bertz CT molecular complexity index is 2060. The van der Waals surface area contributed by atoms with Crippen LogP contribution < -0.4 is 16.4 Å². The summed E-state index contributed by atoms with van der Waals surface area (Å²) in [6.07, 6.45) is 7.76. The molecule has 7 heteroatoms. The van der Waals surface area contributed by atoms with Crippen molar-refractivity contribution in [3.05, 3.63) is 158 Å². The highest BCUT2D eigenvalue weighted by molar-refractivity contribution is 6.18. The van der Waals surface area contributed by atoms with E-state index in [1.165, 1.54) is 0 Å². The number of carbonyl (C=O) groups excluding carboxylic acids is 2. The van der Waals surface area contributed by atoms with Crippen molar-refractivity contribution >= 4 is 34.4 Å². The molecule has 2 amide bonds. The molecule has 0 aliphatic rings. The summed E-state index contributed by atoms with van der Waals surface area (Å²) < 4.78 is 0. The second-order valence-electron chi connectivity index (χ2n) is 11.1. The Morgan fingerprint density at radius 3 is 2.00 bits per heavy atom. The highest BCUT2D eigenvalue weighted by Crippen LogP contribution is 2.43. The van der Waals surface area contributed by atoms with Crippen molar-refractivity contribution < 1.29 is 9.59 Å². The van der Waals surface area contributed by atoms with Gasteiger partial charge in [0.2, 0.25) is 11.8 Å². The first kappa shape index (κ1) is 30.7. The molecule has 47 heavy (non-hydrogen) atoms. The van der Waals surface area contributed by atoms with Gasteiger partial charge in [-0.15, -0.1) is 0 Å². The number of aryl methyl sites for hydroxylation is 1. The molecule has 0 fully saturated rings. The average Bonchev–Trinajstić information content (AvgIpc) is 3.12. The highest BCUT2D eigenvalue weighted by Gasteiger charge is 2.20. The zero-order valence-corrected chi connectivity index (χ0v) is 25.7. The molecule has 0 unspecified atom stereocenters. The van der Waals surface area contributed by atoms with Crippen LogP contribution in [0.15, 0.2) is 147 Å². The number of rotatable bonds is 11. The molecule has 0 saturated carbocycles. The normalized spacial score (nSPS) is 10.7. The maximum Gasteiger partial charge on any atom is 0.248 e. The molecule has 0 aliphatic carbocycles. The molecule has 7 nitrogen and oxygen atoms in total. The number of primary amides is 2. The fourth-order valence-electron chi connectivity index (χ4n) is 5.70. The lowest BCUT2D eigenvalue weighted by molar-refractivity contribution is -0.118. The Hall–Kier alpha value is -6.34. The Morgan fingerprint density at radius 2 is 1.32 bits per heavy atom. The molecule has 230 valence electrons. The van der Waals surface area contributed by atoms with Crippen LogP contribution in [0, 0.1) is 0 Å². The number of para-hydroxylation sites is 2. The van der Waals surface area contributed by atoms with Crippen LogP contribution in [0.25, 0.3) is 39.0 Å². The van der Waals surface area contributed by atoms with Crippen LogP contribution in [0.4, 0.5) is 17.1 Å². The van der Waals surface area contributed by atoms with Crippen molar-refractivity contribution in [2.75, 3.05) is 4.90 Å². The molecule has 2 aromatic heterocycles. The van der Waals surface area contributed by atoms with Crippen molar-refractivity contribution in [1.82, 2.24) is 9.97 Å². The van der Waals surface area contributed by atoms with Gasteiger partial charge in [-0.1, -0.05) is 61.2 Å². The number of nitrogens with zero attached hydrogens (tertiary/aromatic N) is 3. The van der Waals surface area contributed by atoms with Crippen LogP contribution in [0.3, 0.4) is 0 Å². The van der Waals surface area contributed by atoms with Gasteiger partial charge in [-0.2, -0.15) is 0 Å². The van der Waals surface area contributed by atoms with Gasteiger partial charge in [0.15, 0.2) is 0 Å². The molecule has 0 spiro atoms. The summed E-state index contributed by atoms with van der Waals surface area (Å²) >= 11 is 0. The molecule has 2 heterocycles. The smallest absolute Gasteiger partial charge is 0.248 e. The van der Waals surface area contributed by atoms with Gasteiger partial charge in [0.1, 0.15) is 0 Å². The lowest BCUT2D eigenvalue weighted by Crippen LogP contribution is -2.14. The van der Waals surface area contributed by atoms with Crippen molar-refractivity contribution in [3.63, 3.8) is 0 Å². The third kappa shape index (κ3) is 6.84. The quantitative estimate of drug-likeness (QED) is 0.144. The van der Waals surface area contributed by atoms with E-state index in [4.69, 9.17) is 11.5 Å². The zero-order valence-electron chi connectivity index (χ0n) is 25.7. The Kier molecular flexibility index (Phi) is 8.97. The van der Waals surface area contributed by atoms with E-state index < -0.39 is 5.91 Å². The van der Waals surface area contributed by atoms with Crippen molar-refractivity contribution in [2.45, 2.75) is 12.8 Å². The molecular formula is C40H33N5O2. The molecule has 6 rings (SSSR count). The van der Waals surface area contributed by atoms with Crippen molar-refractivity contribution in [1.29, 1.82) is 0 Å².